The number of hydrogen-bond donors (Lipinski definition) is 1. The van der Waals surface area contributed by atoms with Crippen molar-refractivity contribution in [2.75, 3.05) is 19.7 Å². The molecule has 0 aliphatic heterocycles. The molecule has 26 heavy (non-hydrogen) atoms. The molecule has 8 heteroatoms. The molecule has 1 amide bonds. The summed E-state index contributed by atoms with van der Waals surface area (Å²) in [6.07, 6.45) is 1.64. The van der Waals surface area contributed by atoms with Crippen LogP contribution in [-0.2, 0) is 21.4 Å². The van der Waals surface area contributed by atoms with Crippen molar-refractivity contribution in [2.45, 2.75) is 25.3 Å². The monoisotopic (exact) mass is 377 g/mol. The molecule has 140 valence electrons. The zero-order chi connectivity index (χ0) is 19.0. The number of ether oxygens (including phenoxy) is 1. The number of hydrogen-bond acceptors (Lipinski definition) is 5. The molecule has 7 nitrogen and oxygen atoms in total. The lowest BCUT2D eigenvalue weighted by Gasteiger charge is -2.20. The highest BCUT2D eigenvalue weighted by Gasteiger charge is 2.25. The molecule has 0 unspecified atom stereocenters. The van der Waals surface area contributed by atoms with Crippen LogP contribution in [0.3, 0.4) is 0 Å². The van der Waals surface area contributed by atoms with E-state index in [1.165, 1.54) is 12.1 Å². The van der Waals surface area contributed by atoms with Crippen LogP contribution in [0.25, 0.3) is 0 Å². The van der Waals surface area contributed by atoms with E-state index < -0.39 is 10.0 Å². The van der Waals surface area contributed by atoms with E-state index in [1.54, 1.807) is 37.4 Å². The molecular formula is C18H23N3O4S. The maximum absolute atomic E-state index is 12.7. The molecule has 0 bridgehead atoms. The fourth-order valence-electron chi connectivity index (χ4n) is 2.30. The number of sulfonamides is 1. The number of aromatic nitrogens is 1. The van der Waals surface area contributed by atoms with Gasteiger partial charge in [0.25, 0.3) is 0 Å². The summed E-state index contributed by atoms with van der Waals surface area (Å²) < 4.78 is 31.9. The molecule has 0 spiro atoms. The van der Waals surface area contributed by atoms with E-state index in [0.29, 0.717) is 18.1 Å². The second-order valence-corrected chi connectivity index (χ2v) is 7.37. The lowest BCUT2D eigenvalue weighted by molar-refractivity contribution is -0.121. The fourth-order valence-corrected chi connectivity index (χ4v) is 3.70. The average molecular weight is 377 g/mol. The topological polar surface area (TPSA) is 88.6 Å². The van der Waals surface area contributed by atoms with Gasteiger partial charge in [-0.1, -0.05) is 13.0 Å². The fraction of sp³-hybridized carbons (Fsp3) is 0.333. The Balaban J connectivity index is 2.02. The van der Waals surface area contributed by atoms with E-state index in [9.17, 15) is 13.2 Å². The van der Waals surface area contributed by atoms with Gasteiger partial charge in [-0.15, -0.1) is 0 Å². The van der Waals surface area contributed by atoms with E-state index in [-0.39, 0.29) is 30.4 Å². The summed E-state index contributed by atoms with van der Waals surface area (Å²) in [5.41, 5.74) is 0.707. The van der Waals surface area contributed by atoms with Crippen molar-refractivity contribution in [2.24, 2.45) is 0 Å². The van der Waals surface area contributed by atoms with E-state index in [4.69, 9.17) is 4.74 Å². The summed E-state index contributed by atoms with van der Waals surface area (Å²) >= 11 is 0. The lowest BCUT2D eigenvalue weighted by atomic mass is 10.3. The Kier molecular flexibility index (Phi) is 7.11. The first-order valence-corrected chi connectivity index (χ1v) is 9.81. The van der Waals surface area contributed by atoms with Gasteiger partial charge in [0.2, 0.25) is 15.9 Å². The highest BCUT2D eigenvalue weighted by Crippen LogP contribution is 2.19. The molecule has 1 aromatic heterocycles. The van der Waals surface area contributed by atoms with Gasteiger partial charge in [-0.2, -0.15) is 4.31 Å². The van der Waals surface area contributed by atoms with Crippen molar-refractivity contribution in [1.29, 1.82) is 0 Å². The third-order valence-corrected chi connectivity index (χ3v) is 5.57. The van der Waals surface area contributed by atoms with Crippen LogP contribution in [0.15, 0.2) is 53.6 Å². The van der Waals surface area contributed by atoms with Gasteiger partial charge in [-0.05, 0) is 43.3 Å². The standard InChI is InChI=1S/C18H23N3O4S/c1-3-21(14-18(22)20-13-15-7-5-6-12-19-15)26(23,24)17-10-8-16(9-11-17)25-4-2/h5-12H,3-4,13-14H2,1-2H3,(H,20,22). The number of rotatable bonds is 9. The van der Waals surface area contributed by atoms with E-state index in [0.717, 1.165) is 4.31 Å². The van der Waals surface area contributed by atoms with Gasteiger partial charge in [0.15, 0.2) is 0 Å². The average Bonchev–Trinajstić information content (AvgIpc) is 2.66. The van der Waals surface area contributed by atoms with Gasteiger partial charge < -0.3 is 10.1 Å². The Morgan fingerprint density at radius 1 is 1.15 bits per heavy atom. The van der Waals surface area contributed by atoms with E-state index in [2.05, 4.69) is 10.3 Å². The van der Waals surface area contributed by atoms with Gasteiger partial charge in [0.05, 0.1) is 30.3 Å². The minimum atomic E-state index is -3.76. The van der Waals surface area contributed by atoms with Crippen molar-refractivity contribution < 1.29 is 17.9 Å². The molecule has 1 heterocycles. The first kappa shape index (κ1) is 19.9. The SMILES string of the molecule is CCOc1ccc(S(=O)(=O)N(CC)CC(=O)NCc2ccccn2)cc1. The Bertz CT molecular complexity index is 808. The highest BCUT2D eigenvalue weighted by atomic mass is 32.2. The normalized spacial score (nSPS) is 11.3. The molecule has 0 saturated carbocycles. The second-order valence-electron chi connectivity index (χ2n) is 5.43. The number of carbonyl (C=O) groups is 1. The maximum Gasteiger partial charge on any atom is 0.243 e. The molecule has 0 saturated heterocycles. The molecule has 0 aliphatic rings. The highest BCUT2D eigenvalue weighted by molar-refractivity contribution is 7.89. The Morgan fingerprint density at radius 2 is 1.88 bits per heavy atom. The zero-order valence-electron chi connectivity index (χ0n) is 14.9. The number of nitrogens with one attached hydrogen (secondary N) is 1. The minimum Gasteiger partial charge on any atom is -0.494 e. The van der Waals surface area contributed by atoms with Crippen molar-refractivity contribution in [3.63, 3.8) is 0 Å². The summed E-state index contributed by atoms with van der Waals surface area (Å²) in [5.74, 6) is 0.217. The summed E-state index contributed by atoms with van der Waals surface area (Å²) in [4.78, 5) is 16.4. The first-order chi connectivity index (χ1) is 12.5. The van der Waals surface area contributed by atoms with Crippen LogP contribution in [0.2, 0.25) is 0 Å². The van der Waals surface area contributed by atoms with Gasteiger partial charge >= 0.3 is 0 Å². The van der Waals surface area contributed by atoms with Gasteiger partial charge in [0.1, 0.15) is 5.75 Å². The summed E-state index contributed by atoms with van der Waals surface area (Å²) in [6.45, 7) is 4.24. The Morgan fingerprint density at radius 3 is 2.46 bits per heavy atom. The number of pyridine rings is 1. The number of benzene rings is 1. The Labute approximate surface area is 154 Å². The number of likely N-dealkylation sites (N-methyl/N-ethyl adjacent to an activating group) is 1. The zero-order valence-corrected chi connectivity index (χ0v) is 15.7. The van der Waals surface area contributed by atoms with E-state index in [1.807, 2.05) is 13.0 Å². The van der Waals surface area contributed by atoms with Crippen LogP contribution in [0.1, 0.15) is 19.5 Å². The van der Waals surface area contributed by atoms with Crippen molar-refractivity contribution in [3.8, 4) is 5.75 Å². The molecule has 0 radical (unpaired) electrons. The summed E-state index contributed by atoms with van der Waals surface area (Å²) in [7, 11) is -3.76. The van der Waals surface area contributed by atoms with Gasteiger partial charge in [0, 0.05) is 12.7 Å². The smallest absolute Gasteiger partial charge is 0.243 e. The predicted octanol–water partition coefficient (Wildman–Crippen LogP) is 1.81. The number of amides is 1. The van der Waals surface area contributed by atoms with Crippen LogP contribution in [0.4, 0.5) is 0 Å². The van der Waals surface area contributed by atoms with Crippen LogP contribution in [0.5, 0.6) is 5.75 Å². The first-order valence-electron chi connectivity index (χ1n) is 8.37. The molecule has 0 atom stereocenters. The van der Waals surface area contributed by atoms with Crippen molar-refractivity contribution in [1.82, 2.24) is 14.6 Å². The number of nitrogens with zero attached hydrogens (tertiary/aromatic N) is 2. The van der Waals surface area contributed by atoms with Crippen LogP contribution < -0.4 is 10.1 Å². The Hall–Kier alpha value is -2.45. The molecule has 1 aromatic carbocycles. The molecule has 1 N–H and O–H groups in total. The second kappa shape index (κ2) is 9.30. The lowest BCUT2D eigenvalue weighted by Crippen LogP contribution is -2.40. The largest absolute Gasteiger partial charge is 0.494 e. The predicted molar refractivity (Wildman–Crippen MR) is 98.1 cm³/mol. The molecule has 0 aliphatic carbocycles. The van der Waals surface area contributed by atoms with Gasteiger partial charge in [-0.3, -0.25) is 9.78 Å². The third-order valence-electron chi connectivity index (χ3n) is 3.64. The molecule has 2 aromatic rings. The minimum absolute atomic E-state index is 0.125. The van der Waals surface area contributed by atoms with Crippen LogP contribution in [0, 0.1) is 0 Å². The molecule has 0 fully saturated rings. The molecular weight excluding hydrogens is 354 g/mol. The quantitative estimate of drug-likeness (QED) is 0.720. The van der Waals surface area contributed by atoms with Crippen molar-refractivity contribution in [3.05, 3.63) is 54.4 Å². The number of carbonyl (C=O) groups excluding carboxylic acids is 1. The maximum atomic E-state index is 12.7. The van der Waals surface area contributed by atoms with Crippen molar-refractivity contribution >= 4 is 15.9 Å². The van der Waals surface area contributed by atoms with Crippen LogP contribution in [-0.4, -0.2) is 43.3 Å². The summed E-state index contributed by atoms with van der Waals surface area (Å²) in [6, 6.07) is 11.6. The van der Waals surface area contributed by atoms with Gasteiger partial charge in [-0.25, -0.2) is 8.42 Å². The van der Waals surface area contributed by atoms with E-state index >= 15 is 0 Å². The summed E-state index contributed by atoms with van der Waals surface area (Å²) in [5, 5.41) is 2.69. The third kappa shape index (κ3) is 5.27. The molecule has 2 rings (SSSR count). The van der Waals surface area contributed by atoms with Crippen LogP contribution >= 0.6 is 0 Å².